The number of aromatic hydroxyl groups is 1. The lowest BCUT2D eigenvalue weighted by atomic mass is 10.2. The zero-order chi connectivity index (χ0) is 13.7. The quantitative estimate of drug-likeness (QED) is 0.545. The van der Waals surface area contributed by atoms with Crippen LogP contribution in [0.15, 0.2) is 45.8 Å². The van der Waals surface area contributed by atoms with Crippen LogP contribution in [0, 0.1) is 0 Å². The van der Waals surface area contributed by atoms with Crippen molar-refractivity contribution >= 4 is 16.6 Å². The number of rotatable bonds is 1. The number of fused-ring (bicyclic) bond motifs is 3. The Kier molecular flexibility index (Phi) is 2.00. The molecule has 0 amide bonds. The van der Waals surface area contributed by atoms with Crippen molar-refractivity contribution in [2.75, 3.05) is 0 Å². The average Bonchev–Trinajstić information content (AvgIpc) is 3.08. The molecule has 0 spiro atoms. The molecule has 20 heavy (non-hydrogen) atoms. The molecule has 7 nitrogen and oxygen atoms in total. The van der Waals surface area contributed by atoms with Gasteiger partial charge in [-0.1, -0.05) is 0 Å². The molecule has 1 aromatic carbocycles. The highest BCUT2D eigenvalue weighted by Gasteiger charge is 2.14. The summed E-state index contributed by atoms with van der Waals surface area (Å²) in [6, 6.07) is 8.07. The van der Waals surface area contributed by atoms with Crippen molar-refractivity contribution in [1.82, 2.24) is 19.6 Å². The third kappa shape index (κ3) is 1.43. The molecular weight excluding hydrogens is 260 g/mol. The number of phenols is 1. The van der Waals surface area contributed by atoms with Crippen LogP contribution in [0.2, 0.25) is 0 Å². The van der Waals surface area contributed by atoms with Gasteiger partial charge in [-0.05, 0) is 30.3 Å². The number of H-pyrrole nitrogens is 1. The fourth-order valence-electron chi connectivity index (χ4n) is 2.13. The standard InChI is InChI=1S/C13H8N4O3/c18-7-3-4-9-8(6-7)12-15-11(10-2-1-5-20-10)16-17(12)13(19)14-9/h1-6,18H,(H,14,19). The van der Waals surface area contributed by atoms with Gasteiger partial charge in [0.25, 0.3) is 0 Å². The van der Waals surface area contributed by atoms with E-state index in [-0.39, 0.29) is 5.75 Å². The number of hydrogen-bond acceptors (Lipinski definition) is 5. The van der Waals surface area contributed by atoms with E-state index in [0.29, 0.717) is 28.1 Å². The fraction of sp³-hybridized carbons (Fsp3) is 0. The molecule has 4 aromatic rings. The highest BCUT2D eigenvalue weighted by molar-refractivity contribution is 5.92. The number of benzene rings is 1. The van der Waals surface area contributed by atoms with E-state index >= 15 is 0 Å². The van der Waals surface area contributed by atoms with Crippen molar-refractivity contribution in [1.29, 1.82) is 0 Å². The summed E-state index contributed by atoms with van der Waals surface area (Å²) in [7, 11) is 0. The predicted octanol–water partition coefficient (Wildman–Crippen LogP) is 1.54. The van der Waals surface area contributed by atoms with Gasteiger partial charge in [0.2, 0.25) is 5.82 Å². The third-order valence-corrected chi connectivity index (χ3v) is 3.03. The molecule has 7 heteroatoms. The molecule has 0 fully saturated rings. The Bertz CT molecular complexity index is 982. The zero-order valence-corrected chi connectivity index (χ0v) is 10.1. The van der Waals surface area contributed by atoms with Crippen LogP contribution in [0.1, 0.15) is 0 Å². The summed E-state index contributed by atoms with van der Waals surface area (Å²) in [5.41, 5.74) is 0.549. The molecule has 0 aliphatic carbocycles. The van der Waals surface area contributed by atoms with Crippen molar-refractivity contribution in [2.24, 2.45) is 0 Å². The molecule has 3 heterocycles. The van der Waals surface area contributed by atoms with E-state index in [1.165, 1.54) is 18.4 Å². The van der Waals surface area contributed by atoms with Gasteiger partial charge in [0.15, 0.2) is 11.4 Å². The monoisotopic (exact) mass is 268 g/mol. The van der Waals surface area contributed by atoms with Gasteiger partial charge in [-0.15, -0.1) is 5.10 Å². The largest absolute Gasteiger partial charge is 0.508 e. The molecule has 0 aliphatic rings. The van der Waals surface area contributed by atoms with Crippen molar-refractivity contribution < 1.29 is 9.52 Å². The molecule has 4 rings (SSSR count). The summed E-state index contributed by atoms with van der Waals surface area (Å²) in [5.74, 6) is 0.881. The summed E-state index contributed by atoms with van der Waals surface area (Å²) in [6.45, 7) is 0. The van der Waals surface area contributed by atoms with Crippen LogP contribution >= 0.6 is 0 Å². The maximum absolute atomic E-state index is 12.0. The Labute approximate surface area is 111 Å². The van der Waals surface area contributed by atoms with Crippen LogP contribution in [0.5, 0.6) is 5.75 Å². The first-order chi connectivity index (χ1) is 9.72. The summed E-state index contributed by atoms with van der Waals surface area (Å²) >= 11 is 0. The minimum absolute atomic E-state index is 0.0917. The fourth-order valence-corrected chi connectivity index (χ4v) is 2.13. The molecule has 0 radical (unpaired) electrons. The van der Waals surface area contributed by atoms with Gasteiger partial charge < -0.3 is 14.5 Å². The number of aromatic nitrogens is 4. The van der Waals surface area contributed by atoms with E-state index in [0.717, 1.165) is 4.52 Å². The van der Waals surface area contributed by atoms with E-state index in [2.05, 4.69) is 15.1 Å². The van der Waals surface area contributed by atoms with Crippen molar-refractivity contribution in [3.05, 3.63) is 47.1 Å². The average molecular weight is 268 g/mol. The van der Waals surface area contributed by atoms with Gasteiger partial charge in [0.1, 0.15) is 5.75 Å². The molecule has 0 saturated carbocycles. The van der Waals surface area contributed by atoms with E-state index in [1.54, 1.807) is 18.2 Å². The highest BCUT2D eigenvalue weighted by Crippen LogP contribution is 2.22. The van der Waals surface area contributed by atoms with Crippen LogP contribution in [0.4, 0.5) is 0 Å². The molecule has 0 bridgehead atoms. The lowest BCUT2D eigenvalue weighted by Gasteiger charge is -1.99. The Balaban J connectivity index is 2.15. The molecular formula is C13H8N4O3. The Morgan fingerprint density at radius 3 is 3.00 bits per heavy atom. The smallest absolute Gasteiger partial charge is 0.348 e. The van der Waals surface area contributed by atoms with Crippen molar-refractivity contribution in [3.8, 4) is 17.3 Å². The number of hydrogen-bond donors (Lipinski definition) is 2. The number of furan rings is 1. The molecule has 0 aliphatic heterocycles. The molecule has 0 unspecified atom stereocenters. The first-order valence-corrected chi connectivity index (χ1v) is 5.88. The SMILES string of the molecule is O=c1[nH]c2ccc(O)cc2c2nc(-c3ccco3)nn12. The molecule has 2 N–H and O–H groups in total. The molecule has 3 aromatic heterocycles. The van der Waals surface area contributed by atoms with Gasteiger partial charge in [-0.25, -0.2) is 9.78 Å². The van der Waals surface area contributed by atoms with Gasteiger partial charge in [0.05, 0.1) is 11.8 Å². The first-order valence-electron chi connectivity index (χ1n) is 5.88. The van der Waals surface area contributed by atoms with E-state index in [1.807, 2.05) is 0 Å². The summed E-state index contributed by atoms with van der Waals surface area (Å²) < 4.78 is 6.38. The maximum Gasteiger partial charge on any atom is 0.348 e. The van der Waals surface area contributed by atoms with Crippen LogP contribution in [0.25, 0.3) is 28.1 Å². The maximum atomic E-state index is 12.0. The molecule has 98 valence electrons. The second kappa shape index (κ2) is 3.70. The topological polar surface area (TPSA) is 96.4 Å². The van der Waals surface area contributed by atoms with Gasteiger partial charge in [0, 0.05) is 5.39 Å². The second-order valence-electron chi connectivity index (χ2n) is 4.31. The summed E-state index contributed by atoms with van der Waals surface area (Å²) in [4.78, 5) is 19.0. The van der Waals surface area contributed by atoms with Crippen LogP contribution in [-0.2, 0) is 0 Å². The van der Waals surface area contributed by atoms with Crippen LogP contribution < -0.4 is 5.69 Å². The number of nitrogens with one attached hydrogen (secondary N) is 1. The molecule has 0 saturated heterocycles. The van der Waals surface area contributed by atoms with Crippen molar-refractivity contribution in [2.45, 2.75) is 0 Å². The number of nitrogens with zero attached hydrogens (tertiary/aromatic N) is 3. The number of phenolic OH excluding ortho intramolecular Hbond substituents is 1. The van der Waals surface area contributed by atoms with E-state index < -0.39 is 5.69 Å². The Morgan fingerprint density at radius 1 is 1.30 bits per heavy atom. The third-order valence-electron chi connectivity index (χ3n) is 3.03. The minimum atomic E-state index is -0.400. The summed E-state index contributed by atoms with van der Waals surface area (Å²) in [5, 5.41) is 14.3. The van der Waals surface area contributed by atoms with Gasteiger partial charge >= 0.3 is 5.69 Å². The Morgan fingerprint density at radius 2 is 2.20 bits per heavy atom. The number of aromatic amines is 1. The highest BCUT2D eigenvalue weighted by atomic mass is 16.3. The lowest BCUT2D eigenvalue weighted by molar-refractivity contribution is 0.476. The van der Waals surface area contributed by atoms with Gasteiger partial charge in [-0.2, -0.15) is 4.52 Å². The zero-order valence-electron chi connectivity index (χ0n) is 10.1. The van der Waals surface area contributed by atoms with E-state index in [4.69, 9.17) is 4.42 Å². The van der Waals surface area contributed by atoms with Crippen LogP contribution in [-0.4, -0.2) is 24.7 Å². The lowest BCUT2D eigenvalue weighted by Crippen LogP contribution is -2.17. The van der Waals surface area contributed by atoms with Crippen LogP contribution in [0.3, 0.4) is 0 Å². The van der Waals surface area contributed by atoms with Crippen molar-refractivity contribution in [3.63, 3.8) is 0 Å². The Hall–Kier alpha value is -3.09. The van der Waals surface area contributed by atoms with E-state index in [9.17, 15) is 9.90 Å². The van der Waals surface area contributed by atoms with Gasteiger partial charge in [-0.3, -0.25) is 0 Å². The normalized spacial score (nSPS) is 11.4. The summed E-state index contributed by atoms with van der Waals surface area (Å²) in [6.07, 6.45) is 1.51. The minimum Gasteiger partial charge on any atom is -0.508 e. The second-order valence-corrected chi connectivity index (χ2v) is 4.31. The molecule has 0 atom stereocenters. The first kappa shape index (κ1) is 10.8. The predicted molar refractivity (Wildman–Crippen MR) is 70.5 cm³/mol.